The predicted molar refractivity (Wildman–Crippen MR) is 102 cm³/mol. The lowest BCUT2D eigenvalue weighted by molar-refractivity contribution is -0.114. The highest BCUT2D eigenvalue weighted by Crippen LogP contribution is 2.21. The first kappa shape index (κ1) is 18.3. The molecule has 2 aromatic carbocycles. The molecule has 7 heteroatoms. The van der Waals surface area contributed by atoms with Crippen LogP contribution in [-0.2, 0) is 4.79 Å². The van der Waals surface area contributed by atoms with Crippen molar-refractivity contribution in [2.75, 3.05) is 10.6 Å². The lowest BCUT2D eigenvalue weighted by Gasteiger charge is -2.09. The minimum absolute atomic E-state index is 0.00692. The van der Waals surface area contributed by atoms with Crippen LogP contribution >= 0.6 is 0 Å². The molecule has 2 amide bonds. The molecule has 1 heterocycles. The van der Waals surface area contributed by atoms with Crippen LogP contribution in [0.15, 0.2) is 48.7 Å². The first-order valence-electron chi connectivity index (χ1n) is 8.35. The highest BCUT2D eigenvalue weighted by molar-refractivity contribution is 6.05. The topological polar surface area (TPSA) is 76.0 Å². The summed E-state index contributed by atoms with van der Waals surface area (Å²) < 4.78 is 15.4. The van der Waals surface area contributed by atoms with Crippen molar-refractivity contribution in [1.82, 2.24) is 9.78 Å². The van der Waals surface area contributed by atoms with Gasteiger partial charge in [0, 0.05) is 12.6 Å². The molecule has 2 N–H and O–H groups in total. The second-order valence-electron chi connectivity index (χ2n) is 6.22. The molecule has 1 aromatic heterocycles. The largest absolute Gasteiger partial charge is 0.324 e. The van der Waals surface area contributed by atoms with Crippen molar-refractivity contribution in [3.63, 3.8) is 0 Å². The van der Waals surface area contributed by atoms with E-state index in [1.807, 2.05) is 31.2 Å². The fourth-order valence-electron chi connectivity index (χ4n) is 2.74. The van der Waals surface area contributed by atoms with Crippen LogP contribution in [0.1, 0.15) is 28.5 Å². The maximum Gasteiger partial charge on any atom is 0.259 e. The van der Waals surface area contributed by atoms with Crippen molar-refractivity contribution in [3.05, 3.63) is 71.3 Å². The standard InChI is InChI=1S/C20H19FN4O2/c1-12-5-4-6-16(9-12)25-13(2)17(11-22-25)20(27)24-15-7-8-18(21)19(10-15)23-14(3)26/h4-11H,1-3H3,(H,23,26)(H,24,27). The third kappa shape index (κ3) is 4.03. The molecule has 0 aliphatic heterocycles. The number of nitrogens with zero attached hydrogens (tertiary/aromatic N) is 2. The van der Waals surface area contributed by atoms with Crippen molar-refractivity contribution in [2.24, 2.45) is 0 Å². The zero-order valence-electron chi connectivity index (χ0n) is 15.2. The van der Waals surface area contributed by atoms with E-state index in [4.69, 9.17) is 0 Å². The number of nitrogens with one attached hydrogen (secondary N) is 2. The summed E-state index contributed by atoms with van der Waals surface area (Å²) in [5, 5.41) is 9.39. The number of benzene rings is 2. The van der Waals surface area contributed by atoms with Crippen LogP contribution in [0, 0.1) is 19.7 Å². The number of aromatic nitrogens is 2. The van der Waals surface area contributed by atoms with Crippen LogP contribution in [0.25, 0.3) is 5.69 Å². The molecule has 0 saturated carbocycles. The molecule has 0 saturated heterocycles. The van der Waals surface area contributed by atoms with E-state index in [0.717, 1.165) is 11.3 Å². The highest BCUT2D eigenvalue weighted by Gasteiger charge is 2.16. The van der Waals surface area contributed by atoms with E-state index in [1.165, 1.54) is 31.3 Å². The van der Waals surface area contributed by atoms with Crippen LogP contribution in [0.3, 0.4) is 0 Å². The molecule has 0 radical (unpaired) electrons. The first-order valence-corrected chi connectivity index (χ1v) is 8.35. The average molecular weight is 366 g/mol. The van der Waals surface area contributed by atoms with E-state index < -0.39 is 11.7 Å². The molecule has 0 atom stereocenters. The molecule has 0 fully saturated rings. The number of amides is 2. The molecular weight excluding hydrogens is 347 g/mol. The molecule has 3 aromatic rings. The van der Waals surface area contributed by atoms with Crippen LogP contribution < -0.4 is 10.6 Å². The molecule has 0 spiro atoms. The number of aryl methyl sites for hydroxylation is 1. The summed E-state index contributed by atoms with van der Waals surface area (Å²) in [6, 6.07) is 11.8. The number of hydrogen-bond acceptors (Lipinski definition) is 3. The molecule has 0 unspecified atom stereocenters. The summed E-state index contributed by atoms with van der Waals surface area (Å²) in [4.78, 5) is 23.8. The second-order valence-corrected chi connectivity index (χ2v) is 6.22. The Labute approximate surface area is 156 Å². The van der Waals surface area contributed by atoms with Gasteiger partial charge in [-0.3, -0.25) is 9.59 Å². The molecule has 0 aliphatic rings. The number of rotatable bonds is 4. The lowest BCUT2D eigenvalue weighted by atomic mass is 10.2. The third-order valence-corrected chi connectivity index (χ3v) is 4.04. The molecule has 0 bridgehead atoms. The summed E-state index contributed by atoms with van der Waals surface area (Å²) >= 11 is 0. The van der Waals surface area contributed by atoms with Gasteiger partial charge >= 0.3 is 0 Å². The normalized spacial score (nSPS) is 10.5. The van der Waals surface area contributed by atoms with E-state index in [-0.39, 0.29) is 11.6 Å². The van der Waals surface area contributed by atoms with Crippen molar-refractivity contribution in [1.29, 1.82) is 0 Å². The van der Waals surface area contributed by atoms with Crippen molar-refractivity contribution in [3.8, 4) is 5.69 Å². The van der Waals surface area contributed by atoms with Gasteiger partial charge in [-0.25, -0.2) is 9.07 Å². The fraction of sp³-hybridized carbons (Fsp3) is 0.150. The Kier molecular flexibility index (Phi) is 5.03. The monoisotopic (exact) mass is 366 g/mol. The average Bonchev–Trinajstić information content (AvgIpc) is 2.99. The lowest BCUT2D eigenvalue weighted by Crippen LogP contribution is -2.14. The maximum absolute atomic E-state index is 13.7. The Morgan fingerprint density at radius 1 is 1.07 bits per heavy atom. The molecule has 0 aliphatic carbocycles. The Hall–Kier alpha value is -3.48. The van der Waals surface area contributed by atoms with E-state index in [1.54, 1.807) is 11.6 Å². The zero-order valence-corrected chi connectivity index (χ0v) is 15.2. The summed E-state index contributed by atoms with van der Waals surface area (Å²) in [7, 11) is 0. The molecule has 6 nitrogen and oxygen atoms in total. The van der Waals surface area contributed by atoms with Gasteiger partial charge in [0.25, 0.3) is 5.91 Å². The summed E-state index contributed by atoms with van der Waals surface area (Å²) in [6.07, 6.45) is 1.49. The summed E-state index contributed by atoms with van der Waals surface area (Å²) in [5.74, 6) is -1.34. The van der Waals surface area contributed by atoms with Gasteiger partial charge in [0.15, 0.2) is 0 Å². The SMILES string of the molecule is CC(=O)Nc1cc(NC(=O)c2cnn(-c3cccc(C)c3)c2C)ccc1F. The summed E-state index contributed by atoms with van der Waals surface area (Å²) in [5.41, 5.74) is 3.41. The van der Waals surface area contributed by atoms with Crippen LogP contribution in [0.5, 0.6) is 0 Å². The van der Waals surface area contributed by atoms with Crippen molar-refractivity contribution >= 4 is 23.2 Å². The van der Waals surface area contributed by atoms with Gasteiger partial charge in [0.2, 0.25) is 5.91 Å². The Morgan fingerprint density at radius 3 is 2.56 bits per heavy atom. The van der Waals surface area contributed by atoms with E-state index in [0.29, 0.717) is 16.9 Å². The quantitative estimate of drug-likeness (QED) is 0.737. The minimum atomic E-state index is -0.577. The van der Waals surface area contributed by atoms with Crippen molar-refractivity contribution in [2.45, 2.75) is 20.8 Å². The van der Waals surface area contributed by atoms with Gasteiger partial charge in [-0.15, -0.1) is 0 Å². The Balaban J connectivity index is 1.84. The maximum atomic E-state index is 13.7. The first-order chi connectivity index (χ1) is 12.8. The van der Waals surface area contributed by atoms with Gasteiger partial charge in [-0.2, -0.15) is 5.10 Å². The van der Waals surface area contributed by atoms with Gasteiger partial charge in [0.1, 0.15) is 5.82 Å². The fourth-order valence-corrected chi connectivity index (χ4v) is 2.74. The van der Waals surface area contributed by atoms with E-state index >= 15 is 0 Å². The summed E-state index contributed by atoms with van der Waals surface area (Å²) in [6.45, 7) is 5.07. The minimum Gasteiger partial charge on any atom is -0.324 e. The third-order valence-electron chi connectivity index (χ3n) is 4.04. The number of halogens is 1. The number of anilines is 2. The van der Waals surface area contributed by atoms with Crippen molar-refractivity contribution < 1.29 is 14.0 Å². The number of hydrogen-bond donors (Lipinski definition) is 2. The van der Waals surface area contributed by atoms with Crippen LogP contribution in [0.2, 0.25) is 0 Å². The number of carbonyl (C=O) groups is 2. The van der Waals surface area contributed by atoms with Crippen LogP contribution in [-0.4, -0.2) is 21.6 Å². The van der Waals surface area contributed by atoms with Gasteiger partial charge < -0.3 is 10.6 Å². The van der Waals surface area contributed by atoms with Gasteiger partial charge in [0.05, 0.1) is 28.8 Å². The molecule has 3 rings (SSSR count). The van der Waals surface area contributed by atoms with E-state index in [2.05, 4.69) is 15.7 Å². The predicted octanol–water partition coefficient (Wildman–Crippen LogP) is 3.84. The van der Waals surface area contributed by atoms with E-state index in [9.17, 15) is 14.0 Å². The Bertz CT molecular complexity index is 1030. The smallest absolute Gasteiger partial charge is 0.259 e. The zero-order chi connectivity index (χ0) is 19.6. The molecule has 27 heavy (non-hydrogen) atoms. The van der Waals surface area contributed by atoms with Gasteiger partial charge in [-0.05, 0) is 49.7 Å². The second kappa shape index (κ2) is 7.41. The van der Waals surface area contributed by atoms with Gasteiger partial charge in [-0.1, -0.05) is 12.1 Å². The highest BCUT2D eigenvalue weighted by atomic mass is 19.1. The Morgan fingerprint density at radius 2 is 1.85 bits per heavy atom. The van der Waals surface area contributed by atoms with Crippen LogP contribution in [0.4, 0.5) is 15.8 Å². The molecule has 138 valence electrons. The number of carbonyl (C=O) groups excluding carboxylic acids is 2. The molecular formula is C20H19FN4O2.